The number of benzene rings is 3. The molecule has 1 aliphatic rings. The number of ether oxygens (including phenoxy) is 1. The summed E-state index contributed by atoms with van der Waals surface area (Å²) in [6.07, 6.45) is 3.89. The molecule has 0 spiro atoms. The molecule has 6 nitrogen and oxygen atoms in total. The van der Waals surface area contributed by atoms with Gasteiger partial charge in [-0.3, -0.25) is 4.79 Å². The Hall–Kier alpha value is -3.58. The Kier molecular flexibility index (Phi) is 5.54. The molecular formula is C23H20N2O4S. The summed E-state index contributed by atoms with van der Waals surface area (Å²) in [6, 6.07) is 24.7. The number of hydrogen-bond acceptors (Lipinski definition) is 4. The summed E-state index contributed by atoms with van der Waals surface area (Å²) in [4.78, 5) is 11.7. The first-order valence-corrected chi connectivity index (χ1v) is 10.8. The van der Waals surface area contributed by atoms with Crippen LogP contribution in [0.1, 0.15) is 16.7 Å². The molecular weight excluding hydrogens is 400 g/mol. The van der Waals surface area contributed by atoms with Gasteiger partial charge in [0.15, 0.2) is 0 Å². The van der Waals surface area contributed by atoms with E-state index in [1.54, 1.807) is 18.2 Å². The van der Waals surface area contributed by atoms with Crippen molar-refractivity contribution in [3.63, 3.8) is 0 Å². The average molecular weight is 420 g/mol. The zero-order valence-corrected chi connectivity index (χ0v) is 16.9. The molecule has 0 saturated carbocycles. The molecule has 7 heteroatoms. The molecule has 1 saturated heterocycles. The summed E-state index contributed by atoms with van der Waals surface area (Å²) in [7, 11) is -3.93. The summed E-state index contributed by atoms with van der Waals surface area (Å²) >= 11 is 0. The lowest BCUT2D eigenvalue weighted by atomic mass is 10.1. The molecule has 3 aromatic rings. The van der Waals surface area contributed by atoms with Crippen molar-refractivity contribution in [3.8, 4) is 5.75 Å². The van der Waals surface area contributed by atoms with Crippen molar-refractivity contribution in [2.24, 2.45) is 0 Å². The van der Waals surface area contributed by atoms with Crippen LogP contribution in [0.25, 0.3) is 12.2 Å². The Labute approximate surface area is 175 Å². The van der Waals surface area contributed by atoms with Crippen LogP contribution in [0.4, 0.5) is 5.69 Å². The highest BCUT2D eigenvalue weighted by Gasteiger charge is 2.35. The van der Waals surface area contributed by atoms with Crippen molar-refractivity contribution < 1.29 is 17.9 Å². The molecule has 0 unspecified atom stereocenters. The molecule has 3 aromatic carbocycles. The summed E-state index contributed by atoms with van der Waals surface area (Å²) in [5.74, 6) is -0.189. The Balaban J connectivity index is 1.66. The van der Waals surface area contributed by atoms with E-state index in [-0.39, 0.29) is 13.2 Å². The van der Waals surface area contributed by atoms with Gasteiger partial charge < -0.3 is 4.74 Å². The maximum Gasteiger partial charge on any atom is 0.326 e. The van der Waals surface area contributed by atoms with Gasteiger partial charge >= 0.3 is 10.2 Å². The predicted octanol–water partition coefficient (Wildman–Crippen LogP) is 3.62. The molecule has 0 aromatic heterocycles. The maximum atomic E-state index is 12.3. The summed E-state index contributed by atoms with van der Waals surface area (Å²) in [5.41, 5.74) is 3.17. The number of hydrogen-bond donors (Lipinski definition) is 1. The quantitative estimate of drug-likeness (QED) is 0.618. The zero-order valence-electron chi connectivity index (χ0n) is 16.1. The lowest BCUT2D eigenvalue weighted by Crippen LogP contribution is -2.29. The van der Waals surface area contributed by atoms with E-state index in [0.717, 1.165) is 21.0 Å². The van der Waals surface area contributed by atoms with Crippen molar-refractivity contribution >= 4 is 34.0 Å². The Morgan fingerprint density at radius 2 is 1.57 bits per heavy atom. The van der Waals surface area contributed by atoms with Crippen LogP contribution in [-0.2, 0) is 21.6 Å². The van der Waals surface area contributed by atoms with Gasteiger partial charge in [0, 0.05) is 0 Å². The normalized spacial score (nSPS) is 15.3. The topological polar surface area (TPSA) is 75.7 Å². The highest BCUT2D eigenvalue weighted by molar-refractivity contribution is 7.92. The molecule has 0 bridgehead atoms. The largest absolute Gasteiger partial charge is 0.487 e. The molecule has 1 amide bonds. The van der Waals surface area contributed by atoms with Gasteiger partial charge in [-0.25, -0.2) is 9.03 Å². The molecule has 152 valence electrons. The average Bonchev–Trinajstić information content (AvgIpc) is 3.04. The fraction of sp³-hybridized carbons (Fsp3) is 0.0870. The third-order valence-corrected chi connectivity index (χ3v) is 5.97. The van der Waals surface area contributed by atoms with Crippen LogP contribution >= 0.6 is 0 Å². The first-order chi connectivity index (χ1) is 14.5. The van der Waals surface area contributed by atoms with E-state index < -0.39 is 16.1 Å². The lowest BCUT2D eigenvalue weighted by molar-refractivity contribution is -0.117. The van der Waals surface area contributed by atoms with Crippen LogP contribution in [-0.4, -0.2) is 20.9 Å². The van der Waals surface area contributed by atoms with Crippen molar-refractivity contribution in [1.82, 2.24) is 4.72 Å². The Morgan fingerprint density at radius 3 is 2.23 bits per heavy atom. The van der Waals surface area contributed by atoms with Gasteiger partial charge in [0.25, 0.3) is 5.91 Å². The fourth-order valence-corrected chi connectivity index (χ4v) is 4.27. The fourth-order valence-electron chi connectivity index (χ4n) is 3.11. The monoisotopic (exact) mass is 420 g/mol. The first-order valence-electron chi connectivity index (χ1n) is 9.38. The third-order valence-electron chi connectivity index (χ3n) is 4.58. The second kappa shape index (κ2) is 8.42. The molecule has 4 rings (SSSR count). The van der Waals surface area contributed by atoms with E-state index in [4.69, 9.17) is 4.74 Å². The number of carbonyl (C=O) groups is 1. The van der Waals surface area contributed by atoms with Gasteiger partial charge in [0.1, 0.15) is 18.9 Å². The van der Waals surface area contributed by atoms with E-state index in [1.807, 2.05) is 77.5 Å². The Bertz CT molecular complexity index is 1180. The number of nitrogens with zero attached hydrogens (tertiary/aromatic N) is 1. The zero-order chi connectivity index (χ0) is 21.0. The molecule has 30 heavy (non-hydrogen) atoms. The number of rotatable bonds is 6. The second-order valence-electron chi connectivity index (χ2n) is 6.78. The summed E-state index contributed by atoms with van der Waals surface area (Å²) in [5, 5.41) is 0. The minimum Gasteiger partial charge on any atom is -0.487 e. The molecule has 1 aliphatic heterocycles. The highest BCUT2D eigenvalue weighted by atomic mass is 32.2. The van der Waals surface area contributed by atoms with Crippen LogP contribution in [0.2, 0.25) is 0 Å². The van der Waals surface area contributed by atoms with Crippen LogP contribution < -0.4 is 13.8 Å². The predicted molar refractivity (Wildman–Crippen MR) is 117 cm³/mol. The first kappa shape index (κ1) is 19.7. The molecule has 1 fully saturated rings. The van der Waals surface area contributed by atoms with E-state index in [2.05, 4.69) is 0 Å². The van der Waals surface area contributed by atoms with Gasteiger partial charge in [-0.1, -0.05) is 78.9 Å². The van der Waals surface area contributed by atoms with E-state index in [9.17, 15) is 13.2 Å². The van der Waals surface area contributed by atoms with Gasteiger partial charge in [-0.2, -0.15) is 8.42 Å². The standard InChI is InChI=1S/C23H20N2O4S/c26-23-16-25(30(27,28)24-23)21-14-13-19(12-11-18-7-3-1-4-8-18)15-22(21)29-17-20-9-5-2-6-10-20/h1-15H,16-17H2,(H,24,26)/b12-11+. The number of carbonyl (C=O) groups excluding carboxylic acids is 1. The van der Waals surface area contributed by atoms with Gasteiger partial charge in [-0.15, -0.1) is 0 Å². The highest BCUT2D eigenvalue weighted by Crippen LogP contribution is 2.33. The van der Waals surface area contributed by atoms with Crippen molar-refractivity contribution in [3.05, 3.63) is 95.6 Å². The smallest absolute Gasteiger partial charge is 0.326 e. The molecule has 1 heterocycles. The van der Waals surface area contributed by atoms with Crippen LogP contribution in [0.5, 0.6) is 5.75 Å². The second-order valence-corrected chi connectivity index (χ2v) is 8.38. The summed E-state index contributed by atoms with van der Waals surface area (Å²) < 4.78 is 33.6. The molecule has 0 atom stereocenters. The number of anilines is 1. The third kappa shape index (κ3) is 4.52. The van der Waals surface area contributed by atoms with Gasteiger partial charge in [0.05, 0.1) is 5.69 Å². The van der Waals surface area contributed by atoms with Crippen molar-refractivity contribution in [2.45, 2.75) is 6.61 Å². The minimum absolute atomic E-state index is 0.273. The van der Waals surface area contributed by atoms with E-state index >= 15 is 0 Å². The van der Waals surface area contributed by atoms with E-state index in [1.165, 1.54) is 0 Å². The number of nitrogens with one attached hydrogen (secondary N) is 1. The van der Waals surface area contributed by atoms with Crippen molar-refractivity contribution in [1.29, 1.82) is 0 Å². The number of amides is 1. The van der Waals surface area contributed by atoms with Crippen LogP contribution in [0.3, 0.4) is 0 Å². The Morgan fingerprint density at radius 1 is 0.900 bits per heavy atom. The van der Waals surface area contributed by atoms with Crippen LogP contribution in [0.15, 0.2) is 78.9 Å². The van der Waals surface area contributed by atoms with E-state index in [0.29, 0.717) is 11.4 Å². The van der Waals surface area contributed by atoms with Gasteiger partial charge in [0.2, 0.25) is 0 Å². The SMILES string of the molecule is O=C1CN(c2ccc(/C=C/c3ccccc3)cc2OCc2ccccc2)S(=O)(=O)N1. The molecule has 0 radical (unpaired) electrons. The summed E-state index contributed by atoms with van der Waals surface area (Å²) in [6.45, 7) is -0.00180. The maximum absolute atomic E-state index is 12.3. The van der Waals surface area contributed by atoms with Gasteiger partial charge in [-0.05, 0) is 28.8 Å². The van der Waals surface area contributed by atoms with Crippen LogP contribution in [0, 0.1) is 0 Å². The molecule has 0 aliphatic carbocycles. The lowest BCUT2D eigenvalue weighted by Gasteiger charge is -2.19. The van der Waals surface area contributed by atoms with Crippen molar-refractivity contribution in [2.75, 3.05) is 10.8 Å². The molecule has 1 N–H and O–H groups in total. The minimum atomic E-state index is -3.93.